The predicted molar refractivity (Wildman–Crippen MR) is 151 cm³/mol. The number of thiazole rings is 1. The van der Waals surface area contributed by atoms with Crippen molar-refractivity contribution in [2.45, 2.75) is 13.3 Å². The van der Waals surface area contributed by atoms with Gasteiger partial charge in [-0.1, -0.05) is 37.3 Å². The van der Waals surface area contributed by atoms with Crippen molar-refractivity contribution in [1.29, 1.82) is 0 Å². The van der Waals surface area contributed by atoms with E-state index in [2.05, 4.69) is 24.4 Å². The summed E-state index contributed by atoms with van der Waals surface area (Å²) in [5, 5.41) is 7.97. The van der Waals surface area contributed by atoms with Crippen LogP contribution in [0.4, 0.5) is 0 Å². The van der Waals surface area contributed by atoms with Gasteiger partial charge in [-0.25, -0.2) is 9.67 Å². The van der Waals surface area contributed by atoms with Crippen LogP contribution in [0.25, 0.3) is 38.9 Å². The molecule has 0 aliphatic rings. The second kappa shape index (κ2) is 11.0. The fourth-order valence-corrected chi connectivity index (χ4v) is 5.31. The Morgan fingerprint density at radius 1 is 0.711 bits per heavy atom. The van der Waals surface area contributed by atoms with Crippen molar-refractivity contribution < 1.29 is 18.9 Å². The molecule has 0 atom stereocenters. The van der Waals surface area contributed by atoms with E-state index in [1.165, 1.54) is 0 Å². The Hall–Kier alpha value is -4.30. The van der Waals surface area contributed by atoms with E-state index in [4.69, 9.17) is 29.0 Å². The van der Waals surface area contributed by atoms with E-state index in [1.807, 2.05) is 59.3 Å². The van der Waals surface area contributed by atoms with E-state index in [0.29, 0.717) is 23.0 Å². The lowest BCUT2D eigenvalue weighted by Crippen LogP contribution is -2.00. The summed E-state index contributed by atoms with van der Waals surface area (Å²) in [4.78, 5) is 4.98. The van der Waals surface area contributed by atoms with Crippen molar-refractivity contribution in [3.63, 3.8) is 0 Å². The molecule has 0 aliphatic heterocycles. The molecule has 8 heteroatoms. The molecule has 0 saturated carbocycles. The summed E-state index contributed by atoms with van der Waals surface area (Å²) in [5.41, 5.74) is 6.74. The van der Waals surface area contributed by atoms with E-state index in [0.717, 1.165) is 50.9 Å². The highest BCUT2D eigenvalue weighted by molar-refractivity contribution is 7.12. The van der Waals surface area contributed by atoms with Gasteiger partial charge in [-0.3, -0.25) is 0 Å². The Morgan fingerprint density at radius 3 is 1.92 bits per heavy atom. The number of hydrogen-bond donors (Lipinski definition) is 0. The number of ether oxygens (including phenoxy) is 4. The Bertz CT molecular complexity index is 1560. The Balaban J connectivity index is 1.74. The van der Waals surface area contributed by atoms with Crippen LogP contribution in [0, 0.1) is 0 Å². The molecule has 0 radical (unpaired) electrons. The zero-order chi connectivity index (χ0) is 26.6. The molecule has 5 aromatic rings. The molecule has 0 saturated heterocycles. The third kappa shape index (κ3) is 4.59. The van der Waals surface area contributed by atoms with Crippen LogP contribution < -0.4 is 18.9 Å². The Morgan fingerprint density at radius 2 is 1.32 bits per heavy atom. The summed E-state index contributed by atoms with van der Waals surface area (Å²) in [5.74, 6) is 2.63. The van der Waals surface area contributed by atoms with Crippen molar-refractivity contribution in [3.05, 3.63) is 77.7 Å². The van der Waals surface area contributed by atoms with Gasteiger partial charge in [-0.2, -0.15) is 5.10 Å². The summed E-state index contributed by atoms with van der Waals surface area (Å²) < 4.78 is 24.1. The molecule has 2 aromatic heterocycles. The molecule has 5 rings (SSSR count). The number of nitrogens with zero attached hydrogens (tertiary/aromatic N) is 3. The standard InChI is InChI=1S/C30H29N3O4S/c1-6-22-28(20-12-14-24(34-2)26(16-20)36-4)32-33(29(22)21-13-15-25(35-3)27(17-21)37-5)30-31-23(18-38-30)19-10-8-7-9-11-19/h7-18H,6H2,1-5H3. The lowest BCUT2D eigenvalue weighted by molar-refractivity contribution is 0.355. The first-order valence-electron chi connectivity index (χ1n) is 12.2. The number of methoxy groups -OCH3 is 4. The molecule has 194 valence electrons. The number of rotatable bonds is 9. The van der Waals surface area contributed by atoms with Gasteiger partial charge in [0.1, 0.15) is 0 Å². The van der Waals surface area contributed by atoms with Gasteiger partial charge in [-0.05, 0) is 42.8 Å². The Kier molecular flexibility index (Phi) is 7.33. The lowest BCUT2D eigenvalue weighted by Gasteiger charge is -2.12. The van der Waals surface area contributed by atoms with Crippen LogP contribution in [0.3, 0.4) is 0 Å². The molecule has 2 heterocycles. The second-order valence-corrected chi connectivity index (χ2v) is 9.30. The van der Waals surface area contributed by atoms with Crippen LogP contribution in [0.15, 0.2) is 72.1 Å². The van der Waals surface area contributed by atoms with Crippen LogP contribution in [0.2, 0.25) is 0 Å². The molecule has 38 heavy (non-hydrogen) atoms. The minimum absolute atomic E-state index is 0.648. The van der Waals surface area contributed by atoms with E-state index in [1.54, 1.807) is 39.8 Å². The Labute approximate surface area is 226 Å². The molecular weight excluding hydrogens is 498 g/mol. The maximum Gasteiger partial charge on any atom is 0.211 e. The van der Waals surface area contributed by atoms with Gasteiger partial charge in [0.2, 0.25) is 5.13 Å². The average Bonchev–Trinajstić information content (AvgIpc) is 3.62. The highest BCUT2D eigenvalue weighted by Gasteiger charge is 2.24. The van der Waals surface area contributed by atoms with Crippen LogP contribution in [0.5, 0.6) is 23.0 Å². The van der Waals surface area contributed by atoms with E-state index in [-0.39, 0.29) is 0 Å². The zero-order valence-electron chi connectivity index (χ0n) is 22.0. The molecule has 0 amide bonds. The number of aromatic nitrogens is 3. The highest BCUT2D eigenvalue weighted by Crippen LogP contribution is 2.41. The maximum absolute atomic E-state index is 5.63. The molecule has 7 nitrogen and oxygen atoms in total. The molecule has 0 bridgehead atoms. The first kappa shape index (κ1) is 25.4. The van der Waals surface area contributed by atoms with Crippen LogP contribution in [-0.4, -0.2) is 43.2 Å². The minimum Gasteiger partial charge on any atom is -0.493 e. The lowest BCUT2D eigenvalue weighted by atomic mass is 9.99. The minimum atomic E-state index is 0.648. The van der Waals surface area contributed by atoms with Gasteiger partial charge < -0.3 is 18.9 Å². The normalized spacial score (nSPS) is 10.9. The molecular formula is C30H29N3O4S. The molecule has 0 aliphatic carbocycles. The first-order valence-corrected chi connectivity index (χ1v) is 13.1. The van der Waals surface area contributed by atoms with Crippen molar-refractivity contribution >= 4 is 11.3 Å². The van der Waals surface area contributed by atoms with E-state index >= 15 is 0 Å². The molecule has 3 aromatic carbocycles. The monoisotopic (exact) mass is 527 g/mol. The summed E-state index contributed by atoms with van der Waals surface area (Å²) in [7, 11) is 6.54. The van der Waals surface area contributed by atoms with Crippen molar-refractivity contribution in [3.8, 4) is 61.9 Å². The van der Waals surface area contributed by atoms with Crippen molar-refractivity contribution in [2.75, 3.05) is 28.4 Å². The first-order chi connectivity index (χ1) is 18.6. The molecule has 0 spiro atoms. The topological polar surface area (TPSA) is 67.6 Å². The molecule has 0 unspecified atom stereocenters. The zero-order valence-corrected chi connectivity index (χ0v) is 22.8. The van der Waals surface area contributed by atoms with Crippen LogP contribution in [-0.2, 0) is 6.42 Å². The largest absolute Gasteiger partial charge is 0.493 e. The number of hydrogen-bond acceptors (Lipinski definition) is 7. The third-order valence-electron chi connectivity index (χ3n) is 6.39. The van der Waals surface area contributed by atoms with Crippen molar-refractivity contribution in [2.24, 2.45) is 0 Å². The number of benzene rings is 3. The molecule has 0 fully saturated rings. The SMILES string of the molecule is CCc1c(-c2ccc(OC)c(OC)c2)nn(-c2nc(-c3ccccc3)cs2)c1-c1ccc(OC)c(OC)c1. The summed E-state index contributed by atoms with van der Waals surface area (Å²) in [6.07, 6.45) is 0.754. The fourth-order valence-electron chi connectivity index (χ4n) is 4.52. The second-order valence-electron chi connectivity index (χ2n) is 8.46. The van der Waals surface area contributed by atoms with Gasteiger partial charge in [0.05, 0.1) is 45.5 Å². The van der Waals surface area contributed by atoms with Gasteiger partial charge >= 0.3 is 0 Å². The van der Waals surface area contributed by atoms with Gasteiger partial charge in [0.15, 0.2) is 23.0 Å². The van der Waals surface area contributed by atoms with Gasteiger partial charge in [0.25, 0.3) is 0 Å². The summed E-state index contributed by atoms with van der Waals surface area (Å²) in [6.45, 7) is 2.13. The van der Waals surface area contributed by atoms with E-state index < -0.39 is 0 Å². The molecule has 0 N–H and O–H groups in total. The van der Waals surface area contributed by atoms with Gasteiger partial charge in [-0.15, -0.1) is 11.3 Å². The average molecular weight is 528 g/mol. The smallest absolute Gasteiger partial charge is 0.211 e. The third-order valence-corrected chi connectivity index (χ3v) is 7.21. The predicted octanol–water partition coefficient (Wildman–Crippen LogP) is 6.93. The van der Waals surface area contributed by atoms with Crippen LogP contribution >= 0.6 is 11.3 Å². The fraction of sp³-hybridized carbons (Fsp3) is 0.200. The van der Waals surface area contributed by atoms with E-state index in [9.17, 15) is 0 Å². The van der Waals surface area contributed by atoms with Gasteiger partial charge in [0, 0.05) is 27.6 Å². The summed E-state index contributed by atoms with van der Waals surface area (Å²) >= 11 is 1.55. The summed E-state index contributed by atoms with van der Waals surface area (Å²) in [6, 6.07) is 21.9. The quantitative estimate of drug-likeness (QED) is 0.207. The highest BCUT2D eigenvalue weighted by atomic mass is 32.1. The maximum atomic E-state index is 5.63. The van der Waals surface area contributed by atoms with Crippen LogP contribution in [0.1, 0.15) is 12.5 Å². The van der Waals surface area contributed by atoms with Crippen molar-refractivity contribution in [1.82, 2.24) is 14.8 Å².